The Kier molecular flexibility index (Phi) is 2.97. The van der Waals surface area contributed by atoms with Crippen LogP contribution in [0.5, 0.6) is 11.6 Å². The average molecular weight is 254 g/mol. The fourth-order valence-electron chi connectivity index (χ4n) is 1.31. The number of hydrogen-bond acceptors (Lipinski definition) is 4. The van der Waals surface area contributed by atoms with Gasteiger partial charge in [-0.3, -0.25) is 15.2 Å². The summed E-state index contributed by atoms with van der Waals surface area (Å²) in [5, 5.41) is 17.4. The molecular formula is C10H8ClN3O3. The van der Waals surface area contributed by atoms with E-state index < -0.39 is 4.92 Å². The number of aromatic amines is 1. The van der Waals surface area contributed by atoms with Crippen molar-refractivity contribution in [1.82, 2.24) is 10.2 Å². The van der Waals surface area contributed by atoms with Gasteiger partial charge in [0, 0.05) is 11.8 Å². The summed E-state index contributed by atoms with van der Waals surface area (Å²) in [6.45, 7) is 1.80. The molecule has 0 fully saturated rings. The second-order valence-corrected chi connectivity index (χ2v) is 3.74. The van der Waals surface area contributed by atoms with E-state index in [2.05, 4.69) is 10.2 Å². The maximum Gasteiger partial charge on any atom is 0.330 e. The van der Waals surface area contributed by atoms with Crippen LogP contribution in [0.15, 0.2) is 24.3 Å². The number of para-hydroxylation sites is 1. The summed E-state index contributed by atoms with van der Waals surface area (Å²) in [7, 11) is 0. The number of H-pyrrole nitrogens is 1. The Hall–Kier alpha value is -2.08. The minimum absolute atomic E-state index is 0.0276. The van der Waals surface area contributed by atoms with E-state index in [9.17, 15) is 10.1 Å². The molecule has 2 rings (SSSR count). The summed E-state index contributed by atoms with van der Waals surface area (Å²) in [6.07, 6.45) is 0. The van der Waals surface area contributed by atoms with Crippen LogP contribution in [-0.2, 0) is 0 Å². The second kappa shape index (κ2) is 4.42. The van der Waals surface area contributed by atoms with E-state index in [1.165, 1.54) is 12.1 Å². The van der Waals surface area contributed by atoms with E-state index in [4.69, 9.17) is 16.3 Å². The molecule has 17 heavy (non-hydrogen) atoms. The van der Waals surface area contributed by atoms with Crippen LogP contribution < -0.4 is 4.74 Å². The molecule has 0 amide bonds. The van der Waals surface area contributed by atoms with Crippen molar-refractivity contribution in [3.05, 3.63) is 45.1 Å². The summed E-state index contributed by atoms with van der Waals surface area (Å²) in [5.74, 6) is 0.321. The third kappa shape index (κ3) is 2.36. The van der Waals surface area contributed by atoms with Crippen molar-refractivity contribution in [2.24, 2.45) is 0 Å². The standard InChI is InChI=1S/C10H8ClN3O3/c1-6-5-9(13-12-6)17-8-4-2-3-7(11)10(8)14(15)16/h2-5H,1H3,(H,12,13). The molecule has 0 aliphatic heterocycles. The van der Waals surface area contributed by atoms with E-state index in [0.717, 1.165) is 5.69 Å². The molecular weight excluding hydrogens is 246 g/mol. The van der Waals surface area contributed by atoms with E-state index >= 15 is 0 Å². The van der Waals surface area contributed by atoms with Crippen LogP contribution in [0, 0.1) is 17.0 Å². The van der Waals surface area contributed by atoms with Gasteiger partial charge >= 0.3 is 5.69 Å². The lowest BCUT2D eigenvalue weighted by atomic mass is 10.3. The molecule has 1 aromatic heterocycles. The van der Waals surface area contributed by atoms with Gasteiger partial charge in [-0.05, 0) is 19.1 Å². The molecule has 0 unspecified atom stereocenters. The van der Waals surface area contributed by atoms with Gasteiger partial charge in [0.2, 0.25) is 11.6 Å². The first-order valence-corrected chi connectivity index (χ1v) is 5.08. The van der Waals surface area contributed by atoms with E-state index in [1.54, 1.807) is 19.1 Å². The minimum atomic E-state index is -0.586. The summed E-state index contributed by atoms with van der Waals surface area (Å²) < 4.78 is 5.30. The maximum atomic E-state index is 10.9. The SMILES string of the molecule is Cc1cc(Oc2cccc(Cl)c2[N+](=O)[O-])n[nH]1. The van der Waals surface area contributed by atoms with E-state index in [-0.39, 0.29) is 22.3 Å². The van der Waals surface area contributed by atoms with Crippen LogP contribution in [0.3, 0.4) is 0 Å². The van der Waals surface area contributed by atoms with Gasteiger partial charge in [0.25, 0.3) is 0 Å². The van der Waals surface area contributed by atoms with Gasteiger partial charge < -0.3 is 4.74 Å². The van der Waals surface area contributed by atoms with Gasteiger partial charge in [0.05, 0.1) is 4.92 Å². The Labute approximate surface area is 101 Å². The molecule has 0 saturated heterocycles. The highest BCUT2D eigenvalue weighted by atomic mass is 35.5. The number of nitro groups is 1. The summed E-state index contributed by atoms with van der Waals surface area (Å²) >= 11 is 5.75. The highest BCUT2D eigenvalue weighted by molar-refractivity contribution is 6.32. The molecule has 1 heterocycles. The largest absolute Gasteiger partial charge is 0.430 e. The number of nitrogens with one attached hydrogen (secondary N) is 1. The Morgan fingerprint density at radius 3 is 2.88 bits per heavy atom. The number of halogens is 1. The predicted molar refractivity (Wildman–Crippen MR) is 61.5 cm³/mol. The van der Waals surface area contributed by atoms with E-state index in [0.29, 0.717) is 0 Å². The first kappa shape index (κ1) is 11.4. The lowest BCUT2D eigenvalue weighted by Crippen LogP contribution is -1.94. The quantitative estimate of drug-likeness (QED) is 0.673. The Balaban J connectivity index is 2.39. The van der Waals surface area contributed by atoms with Crippen molar-refractivity contribution in [2.45, 2.75) is 6.92 Å². The number of aryl methyl sites for hydroxylation is 1. The van der Waals surface area contributed by atoms with E-state index in [1.807, 2.05) is 0 Å². The number of rotatable bonds is 3. The first-order valence-electron chi connectivity index (χ1n) is 4.70. The summed E-state index contributed by atoms with van der Waals surface area (Å²) in [5.41, 5.74) is 0.527. The fourth-order valence-corrected chi connectivity index (χ4v) is 1.55. The third-order valence-corrected chi connectivity index (χ3v) is 2.33. The molecule has 0 aliphatic carbocycles. The van der Waals surface area contributed by atoms with Gasteiger partial charge in [-0.25, -0.2) is 0 Å². The zero-order chi connectivity index (χ0) is 12.4. The number of aromatic nitrogens is 2. The number of hydrogen-bond donors (Lipinski definition) is 1. The van der Waals surface area contributed by atoms with Gasteiger partial charge in [0.1, 0.15) is 5.02 Å². The molecule has 7 heteroatoms. The first-order chi connectivity index (χ1) is 8.08. The fraction of sp³-hybridized carbons (Fsp3) is 0.100. The predicted octanol–water partition coefficient (Wildman–Crippen LogP) is 3.07. The lowest BCUT2D eigenvalue weighted by Gasteiger charge is -2.03. The van der Waals surface area contributed by atoms with Crippen molar-refractivity contribution in [3.63, 3.8) is 0 Å². The molecule has 0 saturated carbocycles. The molecule has 0 bridgehead atoms. The van der Waals surface area contributed by atoms with Crippen LogP contribution in [0.1, 0.15) is 5.69 Å². The highest BCUT2D eigenvalue weighted by Crippen LogP contribution is 2.36. The molecule has 0 spiro atoms. The van der Waals surface area contributed by atoms with Crippen molar-refractivity contribution < 1.29 is 9.66 Å². The van der Waals surface area contributed by atoms with Crippen molar-refractivity contribution >= 4 is 17.3 Å². The van der Waals surface area contributed by atoms with Gasteiger partial charge in [0.15, 0.2) is 0 Å². The Morgan fingerprint density at radius 1 is 1.53 bits per heavy atom. The molecule has 1 N–H and O–H groups in total. The number of nitrogens with zero attached hydrogens (tertiary/aromatic N) is 2. The van der Waals surface area contributed by atoms with Gasteiger partial charge in [-0.2, -0.15) is 0 Å². The second-order valence-electron chi connectivity index (χ2n) is 3.33. The smallest absolute Gasteiger partial charge is 0.330 e. The zero-order valence-electron chi connectivity index (χ0n) is 8.81. The topological polar surface area (TPSA) is 81.1 Å². The van der Waals surface area contributed by atoms with Crippen molar-refractivity contribution in [1.29, 1.82) is 0 Å². The molecule has 0 radical (unpaired) electrons. The van der Waals surface area contributed by atoms with Crippen LogP contribution in [0.2, 0.25) is 5.02 Å². The molecule has 88 valence electrons. The Morgan fingerprint density at radius 2 is 2.29 bits per heavy atom. The zero-order valence-corrected chi connectivity index (χ0v) is 9.56. The molecule has 0 atom stereocenters. The monoisotopic (exact) mass is 253 g/mol. The normalized spacial score (nSPS) is 10.2. The number of nitro benzene ring substituents is 1. The van der Waals surface area contributed by atoms with Gasteiger partial charge in [-0.15, -0.1) is 5.10 Å². The molecule has 0 aliphatic rings. The van der Waals surface area contributed by atoms with Crippen LogP contribution in [0.4, 0.5) is 5.69 Å². The van der Waals surface area contributed by atoms with Crippen LogP contribution in [0.25, 0.3) is 0 Å². The van der Waals surface area contributed by atoms with Crippen molar-refractivity contribution in [3.8, 4) is 11.6 Å². The maximum absolute atomic E-state index is 10.9. The summed E-state index contributed by atoms with van der Waals surface area (Å²) in [4.78, 5) is 10.3. The number of benzene rings is 1. The average Bonchev–Trinajstić information content (AvgIpc) is 2.63. The highest BCUT2D eigenvalue weighted by Gasteiger charge is 2.20. The summed E-state index contributed by atoms with van der Waals surface area (Å²) in [6, 6.07) is 6.10. The van der Waals surface area contributed by atoms with Crippen LogP contribution >= 0.6 is 11.6 Å². The lowest BCUT2D eigenvalue weighted by molar-refractivity contribution is -0.385. The molecule has 1 aromatic carbocycles. The van der Waals surface area contributed by atoms with Crippen molar-refractivity contribution in [2.75, 3.05) is 0 Å². The third-order valence-electron chi connectivity index (χ3n) is 2.03. The minimum Gasteiger partial charge on any atom is -0.430 e. The van der Waals surface area contributed by atoms with Gasteiger partial charge in [-0.1, -0.05) is 17.7 Å². The van der Waals surface area contributed by atoms with Crippen LogP contribution in [-0.4, -0.2) is 15.1 Å². The number of ether oxygens (including phenoxy) is 1. The molecule has 6 nitrogen and oxygen atoms in total. The molecule has 2 aromatic rings. The Bertz CT molecular complexity index is 568.